The van der Waals surface area contributed by atoms with Crippen LogP contribution >= 0.6 is 0 Å². The van der Waals surface area contributed by atoms with E-state index in [0.29, 0.717) is 27.9 Å². The third-order valence-corrected chi connectivity index (χ3v) is 14.7. The summed E-state index contributed by atoms with van der Waals surface area (Å²) in [6.45, 7) is 13.3. The zero-order valence-corrected chi connectivity index (χ0v) is 39.3. The number of carbonyl (C=O) groups excluding carboxylic acids is 8. The first kappa shape index (κ1) is 45.5. The molecular formula is C55H41F3N4O8. The fourth-order valence-electron chi connectivity index (χ4n) is 10.6. The third-order valence-electron chi connectivity index (χ3n) is 14.7. The molecule has 4 heterocycles. The van der Waals surface area contributed by atoms with E-state index >= 15 is 13.2 Å². The molecule has 350 valence electrons. The summed E-state index contributed by atoms with van der Waals surface area (Å²) in [7, 11) is 1.23. The van der Waals surface area contributed by atoms with Gasteiger partial charge in [-0.2, -0.15) is 13.2 Å². The van der Waals surface area contributed by atoms with Crippen LogP contribution in [0.1, 0.15) is 140 Å². The van der Waals surface area contributed by atoms with Gasteiger partial charge in [-0.15, -0.1) is 0 Å². The molecule has 0 spiro atoms. The van der Waals surface area contributed by atoms with Gasteiger partial charge in [0.05, 0.1) is 61.6 Å². The van der Waals surface area contributed by atoms with Gasteiger partial charge in [0.1, 0.15) is 5.41 Å². The second kappa shape index (κ2) is 15.1. The normalized spacial score (nSPS) is 16.2. The van der Waals surface area contributed by atoms with Crippen molar-refractivity contribution in [2.75, 3.05) is 21.7 Å². The Kier molecular flexibility index (Phi) is 9.79. The van der Waals surface area contributed by atoms with Crippen LogP contribution < -0.4 is 14.7 Å². The second-order valence-corrected chi connectivity index (χ2v) is 18.6. The zero-order chi connectivity index (χ0) is 50.5. The topological polar surface area (TPSA) is 150 Å². The monoisotopic (exact) mass is 942 g/mol. The van der Waals surface area contributed by atoms with Crippen molar-refractivity contribution in [1.82, 2.24) is 4.90 Å². The minimum absolute atomic E-state index is 0.0349. The summed E-state index contributed by atoms with van der Waals surface area (Å²) in [5.74, 6) is -5.52. The van der Waals surface area contributed by atoms with Crippen LogP contribution in [0.2, 0.25) is 0 Å². The largest absolute Gasteiger partial charge is 0.402 e. The molecule has 1 unspecified atom stereocenters. The summed E-state index contributed by atoms with van der Waals surface area (Å²) in [6.07, 6.45) is -4.99. The van der Waals surface area contributed by atoms with E-state index in [0.717, 1.165) is 74.2 Å². The Balaban J connectivity index is 0.977. The number of fused-ring (bicyclic) bond motifs is 4. The maximum atomic E-state index is 15.3. The lowest BCUT2D eigenvalue weighted by Crippen LogP contribution is -2.41. The van der Waals surface area contributed by atoms with E-state index in [1.165, 1.54) is 30.1 Å². The molecule has 70 heavy (non-hydrogen) atoms. The number of imide groups is 4. The number of alkyl halides is 3. The van der Waals surface area contributed by atoms with Crippen LogP contribution in [0.3, 0.4) is 0 Å². The molecule has 0 bridgehead atoms. The quantitative estimate of drug-likeness (QED) is 0.150. The van der Waals surface area contributed by atoms with Crippen LogP contribution in [0, 0.1) is 48.5 Å². The fourth-order valence-corrected chi connectivity index (χ4v) is 10.6. The molecule has 0 aliphatic carbocycles. The van der Waals surface area contributed by atoms with Gasteiger partial charge in [0, 0.05) is 7.05 Å². The standard InChI is InChI=1S/C55H41F3N4O8/c1-24-18-25(2)43(29(6)28(24)5)60-48(65)36-14-10-31(20-39(36)51(60)68)32-11-15-37-40(21-32)52(69)61(49(37)66)44-26(3)19-27(4)45(30(44)7)62-50(67)38-17-13-34(23-42(38)53(62)70)54(8,55(56,57)58)33-12-16-35-41(22-33)47(64)59(9)46(35)63/h10-23H,1-9H3. The number of benzene rings is 6. The van der Waals surface area contributed by atoms with Gasteiger partial charge < -0.3 is 0 Å². The minimum atomic E-state index is -4.99. The van der Waals surface area contributed by atoms with E-state index in [1.54, 1.807) is 51.1 Å². The predicted octanol–water partition coefficient (Wildman–Crippen LogP) is 10.0. The van der Waals surface area contributed by atoms with E-state index in [1.807, 2.05) is 33.8 Å². The number of halogens is 3. The lowest BCUT2D eigenvalue weighted by atomic mass is 9.74. The Labute approximate surface area is 398 Å². The van der Waals surface area contributed by atoms with Crippen LogP contribution in [0.4, 0.5) is 30.2 Å². The predicted molar refractivity (Wildman–Crippen MR) is 253 cm³/mol. The van der Waals surface area contributed by atoms with E-state index in [-0.39, 0.29) is 67.0 Å². The number of carbonyl (C=O) groups is 8. The van der Waals surface area contributed by atoms with Crippen molar-refractivity contribution in [3.63, 3.8) is 0 Å². The molecule has 0 fully saturated rings. The van der Waals surface area contributed by atoms with Gasteiger partial charge in [0.2, 0.25) is 0 Å². The van der Waals surface area contributed by atoms with Gasteiger partial charge in [-0.3, -0.25) is 43.3 Å². The average molecular weight is 943 g/mol. The number of amides is 8. The number of anilines is 3. The fraction of sp³-hybridized carbons (Fsp3) is 0.200. The van der Waals surface area contributed by atoms with Crippen LogP contribution in [-0.2, 0) is 5.41 Å². The highest BCUT2D eigenvalue weighted by atomic mass is 19.4. The number of hydrogen-bond donors (Lipinski definition) is 0. The molecule has 0 N–H and O–H groups in total. The summed E-state index contributed by atoms with van der Waals surface area (Å²) in [4.78, 5) is 114. The van der Waals surface area contributed by atoms with Gasteiger partial charge >= 0.3 is 6.18 Å². The molecule has 4 aliphatic rings. The SMILES string of the molecule is Cc1cc(C)c(N2C(=O)c3ccc(-c4ccc5c(c4)C(=O)N(c4c(C)cc(C)c(N6C(=O)c7ccc(C(C)(c8ccc9c(c8)C(=O)N(C)C9=O)C(F)(F)F)cc7C6=O)c4C)C5=O)cc3C2=O)c(C)c1C. The van der Waals surface area contributed by atoms with Crippen LogP contribution in [0.15, 0.2) is 84.9 Å². The molecule has 0 saturated heterocycles. The Bertz CT molecular complexity index is 3570. The third kappa shape index (κ3) is 6.02. The van der Waals surface area contributed by atoms with E-state index in [2.05, 4.69) is 0 Å². The van der Waals surface area contributed by atoms with Crippen molar-refractivity contribution in [2.45, 2.75) is 67.0 Å². The summed E-state index contributed by atoms with van der Waals surface area (Å²) in [5, 5.41) is 0. The molecule has 4 aliphatic heterocycles. The van der Waals surface area contributed by atoms with Crippen LogP contribution in [0.25, 0.3) is 11.1 Å². The van der Waals surface area contributed by atoms with Gasteiger partial charge in [-0.25, -0.2) is 14.7 Å². The van der Waals surface area contributed by atoms with Crippen molar-refractivity contribution in [3.05, 3.63) is 180 Å². The van der Waals surface area contributed by atoms with Gasteiger partial charge in [-0.1, -0.05) is 36.4 Å². The number of aryl methyl sites for hydroxylation is 4. The number of rotatable bonds is 6. The van der Waals surface area contributed by atoms with Gasteiger partial charge in [0.15, 0.2) is 0 Å². The summed E-state index contributed by atoms with van der Waals surface area (Å²) in [6, 6.07) is 19.6. The molecule has 6 aromatic carbocycles. The first-order valence-corrected chi connectivity index (χ1v) is 22.2. The second-order valence-electron chi connectivity index (χ2n) is 18.6. The summed E-state index contributed by atoms with van der Waals surface area (Å²) >= 11 is 0. The highest BCUT2D eigenvalue weighted by Gasteiger charge is 2.55. The Morgan fingerprint density at radius 3 is 1.09 bits per heavy atom. The van der Waals surface area contributed by atoms with E-state index < -0.39 is 64.4 Å². The molecule has 12 nitrogen and oxygen atoms in total. The van der Waals surface area contributed by atoms with Crippen LogP contribution in [0.5, 0.6) is 0 Å². The molecule has 0 aromatic heterocycles. The highest BCUT2D eigenvalue weighted by molar-refractivity contribution is 6.38. The Hall–Kier alpha value is -8.33. The van der Waals surface area contributed by atoms with Gasteiger partial charge in [0.25, 0.3) is 47.3 Å². The Morgan fingerprint density at radius 2 is 0.671 bits per heavy atom. The molecule has 10 rings (SSSR count). The Morgan fingerprint density at radius 1 is 0.357 bits per heavy atom. The van der Waals surface area contributed by atoms with Crippen molar-refractivity contribution in [3.8, 4) is 11.1 Å². The van der Waals surface area contributed by atoms with Crippen molar-refractivity contribution in [2.24, 2.45) is 0 Å². The molecular weight excluding hydrogens is 902 g/mol. The molecule has 1 atom stereocenters. The lowest BCUT2D eigenvalue weighted by Gasteiger charge is -2.33. The lowest BCUT2D eigenvalue weighted by molar-refractivity contribution is -0.173. The smallest absolute Gasteiger partial charge is 0.277 e. The van der Waals surface area contributed by atoms with Crippen molar-refractivity contribution in [1.29, 1.82) is 0 Å². The van der Waals surface area contributed by atoms with E-state index in [9.17, 15) is 38.4 Å². The molecule has 15 heteroatoms. The van der Waals surface area contributed by atoms with Crippen molar-refractivity contribution >= 4 is 64.3 Å². The van der Waals surface area contributed by atoms with Gasteiger partial charge in [-0.05, 0) is 165 Å². The molecule has 6 aromatic rings. The molecule has 0 radical (unpaired) electrons. The summed E-state index contributed by atoms with van der Waals surface area (Å²) < 4.78 is 46.0. The van der Waals surface area contributed by atoms with Crippen molar-refractivity contribution < 1.29 is 51.5 Å². The maximum absolute atomic E-state index is 15.3. The minimum Gasteiger partial charge on any atom is -0.277 e. The zero-order valence-electron chi connectivity index (χ0n) is 39.3. The highest BCUT2D eigenvalue weighted by Crippen LogP contribution is 2.49. The average Bonchev–Trinajstić information content (AvgIpc) is 3.90. The maximum Gasteiger partial charge on any atom is 0.402 e. The first-order chi connectivity index (χ1) is 32.9. The van der Waals surface area contributed by atoms with E-state index in [4.69, 9.17) is 0 Å². The summed E-state index contributed by atoms with van der Waals surface area (Å²) in [5.41, 5.74) is 2.53. The molecule has 0 saturated carbocycles. The van der Waals surface area contributed by atoms with Crippen LogP contribution in [-0.4, -0.2) is 65.4 Å². The first-order valence-electron chi connectivity index (χ1n) is 22.2. The number of nitrogens with zero attached hydrogens (tertiary/aromatic N) is 4. The molecule has 8 amide bonds. The number of hydrogen-bond acceptors (Lipinski definition) is 8.